The Morgan fingerprint density at radius 3 is 2.77 bits per heavy atom. The summed E-state index contributed by atoms with van der Waals surface area (Å²) < 4.78 is 5.43. The van der Waals surface area contributed by atoms with Crippen LogP contribution in [0.4, 0.5) is 4.79 Å². The summed E-state index contributed by atoms with van der Waals surface area (Å²) in [5.74, 6) is 0.00908. The van der Waals surface area contributed by atoms with E-state index in [2.05, 4.69) is 6.07 Å². The van der Waals surface area contributed by atoms with Gasteiger partial charge in [-0.1, -0.05) is 0 Å². The van der Waals surface area contributed by atoms with Gasteiger partial charge < -0.3 is 14.5 Å². The molecule has 2 atom stereocenters. The molecule has 22 heavy (non-hydrogen) atoms. The molecule has 6 heteroatoms. The van der Waals surface area contributed by atoms with Crippen LogP contribution in [-0.4, -0.2) is 53.1 Å². The number of likely N-dealkylation sites (tertiary alicyclic amines) is 2. The molecule has 0 N–H and O–H groups in total. The fourth-order valence-corrected chi connectivity index (χ4v) is 3.53. The monoisotopic (exact) mass is 307 g/mol. The number of hydrogen-bond donors (Lipinski definition) is 0. The van der Waals surface area contributed by atoms with Crippen LogP contribution in [0.15, 0.2) is 0 Å². The topological polar surface area (TPSA) is 73.6 Å². The zero-order valence-corrected chi connectivity index (χ0v) is 13.9. The number of ether oxygens (including phenoxy) is 1. The van der Waals surface area contributed by atoms with Crippen molar-refractivity contribution in [1.29, 1.82) is 5.26 Å². The van der Waals surface area contributed by atoms with Crippen LogP contribution in [-0.2, 0) is 9.53 Å². The number of piperidine rings is 1. The minimum absolute atomic E-state index is 0.00908. The first-order valence-corrected chi connectivity index (χ1v) is 7.84. The summed E-state index contributed by atoms with van der Waals surface area (Å²) in [6.45, 7) is 8.61. The van der Waals surface area contributed by atoms with E-state index in [4.69, 9.17) is 10.00 Å². The maximum atomic E-state index is 12.7. The van der Waals surface area contributed by atoms with Crippen LogP contribution in [0.3, 0.4) is 0 Å². The third kappa shape index (κ3) is 3.18. The molecule has 122 valence electrons. The summed E-state index contributed by atoms with van der Waals surface area (Å²) in [7, 11) is 0. The average molecular weight is 307 g/mol. The maximum Gasteiger partial charge on any atom is 0.410 e. The Kier molecular flexibility index (Phi) is 4.37. The molecule has 0 saturated carbocycles. The lowest BCUT2D eigenvalue weighted by Crippen LogP contribution is -2.51. The first-order valence-electron chi connectivity index (χ1n) is 7.84. The van der Waals surface area contributed by atoms with Crippen molar-refractivity contribution in [1.82, 2.24) is 9.80 Å². The summed E-state index contributed by atoms with van der Waals surface area (Å²) in [4.78, 5) is 28.3. The van der Waals surface area contributed by atoms with E-state index in [1.807, 2.05) is 27.7 Å². The summed E-state index contributed by atoms with van der Waals surface area (Å²) in [5, 5.41) is 8.89. The standard InChI is InChI=1S/C16H25N3O3/c1-12-10-16(13(20)19(12)9-7-17)6-5-8-18(11-16)14(21)22-15(2,3)4/h12H,5-6,8-11H2,1-4H3. The summed E-state index contributed by atoms with van der Waals surface area (Å²) in [6, 6.07) is 2.10. The highest BCUT2D eigenvalue weighted by atomic mass is 16.6. The van der Waals surface area contributed by atoms with Crippen molar-refractivity contribution in [2.45, 2.75) is 58.6 Å². The summed E-state index contributed by atoms with van der Waals surface area (Å²) >= 11 is 0. The summed E-state index contributed by atoms with van der Waals surface area (Å²) in [5.41, 5.74) is -1.08. The molecule has 2 aliphatic rings. The van der Waals surface area contributed by atoms with Crippen molar-refractivity contribution in [2.24, 2.45) is 5.41 Å². The predicted octanol–water partition coefficient (Wildman–Crippen LogP) is 2.15. The smallest absolute Gasteiger partial charge is 0.410 e. The Bertz CT molecular complexity index is 506. The molecule has 2 fully saturated rings. The van der Waals surface area contributed by atoms with Crippen LogP contribution in [0.25, 0.3) is 0 Å². The normalized spacial score (nSPS) is 28.9. The van der Waals surface area contributed by atoms with Crippen LogP contribution in [0.2, 0.25) is 0 Å². The second-order valence-electron chi connectivity index (χ2n) is 7.43. The molecule has 2 aliphatic heterocycles. The van der Waals surface area contributed by atoms with E-state index in [1.165, 1.54) is 0 Å². The lowest BCUT2D eigenvalue weighted by Gasteiger charge is -2.39. The van der Waals surface area contributed by atoms with Gasteiger partial charge in [0.25, 0.3) is 0 Å². The van der Waals surface area contributed by atoms with E-state index in [9.17, 15) is 9.59 Å². The highest BCUT2D eigenvalue weighted by molar-refractivity contribution is 5.86. The Morgan fingerprint density at radius 2 is 2.18 bits per heavy atom. The third-order valence-electron chi connectivity index (χ3n) is 4.40. The maximum absolute atomic E-state index is 12.7. The molecule has 0 bridgehead atoms. The first kappa shape index (κ1) is 16.6. The number of hydrogen-bond acceptors (Lipinski definition) is 4. The van der Waals surface area contributed by atoms with E-state index in [0.717, 1.165) is 12.8 Å². The van der Waals surface area contributed by atoms with Crippen LogP contribution < -0.4 is 0 Å². The minimum atomic E-state index is -0.540. The van der Waals surface area contributed by atoms with E-state index in [1.54, 1.807) is 9.80 Å². The number of carbonyl (C=O) groups is 2. The molecule has 2 heterocycles. The van der Waals surface area contributed by atoms with Gasteiger partial charge in [0.2, 0.25) is 5.91 Å². The minimum Gasteiger partial charge on any atom is -0.444 e. The number of amides is 2. The van der Waals surface area contributed by atoms with Crippen LogP contribution in [0, 0.1) is 16.7 Å². The SMILES string of the molecule is CC1CC2(CCCN(C(=O)OC(C)(C)C)C2)C(=O)N1CC#N. The van der Waals surface area contributed by atoms with Gasteiger partial charge in [-0.25, -0.2) is 4.79 Å². The van der Waals surface area contributed by atoms with Crippen molar-refractivity contribution in [3.8, 4) is 6.07 Å². The predicted molar refractivity (Wildman–Crippen MR) is 80.9 cm³/mol. The van der Waals surface area contributed by atoms with Crippen molar-refractivity contribution in [2.75, 3.05) is 19.6 Å². The van der Waals surface area contributed by atoms with Crippen LogP contribution >= 0.6 is 0 Å². The fraction of sp³-hybridized carbons (Fsp3) is 0.812. The molecule has 2 unspecified atom stereocenters. The second kappa shape index (κ2) is 5.79. The van der Waals surface area contributed by atoms with Gasteiger partial charge in [-0.05, 0) is 47.0 Å². The number of rotatable bonds is 1. The van der Waals surface area contributed by atoms with Gasteiger partial charge in [-0.3, -0.25) is 4.79 Å². The van der Waals surface area contributed by atoms with Gasteiger partial charge >= 0.3 is 6.09 Å². The van der Waals surface area contributed by atoms with E-state index >= 15 is 0 Å². The zero-order valence-electron chi connectivity index (χ0n) is 13.9. The largest absolute Gasteiger partial charge is 0.444 e. The molecule has 0 aromatic heterocycles. The fourth-order valence-electron chi connectivity index (χ4n) is 3.53. The van der Waals surface area contributed by atoms with Gasteiger partial charge in [0.05, 0.1) is 11.5 Å². The van der Waals surface area contributed by atoms with E-state index in [0.29, 0.717) is 19.5 Å². The van der Waals surface area contributed by atoms with Crippen LogP contribution in [0.5, 0.6) is 0 Å². The van der Waals surface area contributed by atoms with Gasteiger partial charge in [0, 0.05) is 19.1 Å². The lowest BCUT2D eigenvalue weighted by atomic mass is 9.77. The molecule has 2 amide bonds. The molecule has 0 radical (unpaired) electrons. The highest BCUT2D eigenvalue weighted by Crippen LogP contribution is 2.43. The Balaban J connectivity index is 2.12. The number of nitriles is 1. The van der Waals surface area contributed by atoms with E-state index < -0.39 is 11.0 Å². The number of nitrogens with zero attached hydrogens (tertiary/aromatic N) is 3. The zero-order chi connectivity index (χ0) is 16.5. The Labute approximate surface area is 132 Å². The highest BCUT2D eigenvalue weighted by Gasteiger charge is 2.52. The van der Waals surface area contributed by atoms with Crippen LogP contribution in [0.1, 0.15) is 47.0 Å². The van der Waals surface area contributed by atoms with Gasteiger partial charge in [-0.15, -0.1) is 0 Å². The number of carbonyl (C=O) groups excluding carboxylic acids is 2. The molecular formula is C16H25N3O3. The van der Waals surface area contributed by atoms with Crippen molar-refractivity contribution in [3.05, 3.63) is 0 Å². The molecular weight excluding hydrogens is 282 g/mol. The summed E-state index contributed by atoms with van der Waals surface area (Å²) in [6.07, 6.45) is 1.91. The molecule has 2 rings (SSSR count). The van der Waals surface area contributed by atoms with Crippen molar-refractivity contribution >= 4 is 12.0 Å². The first-order chi connectivity index (χ1) is 10.2. The molecule has 6 nitrogen and oxygen atoms in total. The molecule has 0 aromatic carbocycles. The molecule has 0 aromatic rings. The second-order valence-corrected chi connectivity index (χ2v) is 7.43. The molecule has 2 saturated heterocycles. The van der Waals surface area contributed by atoms with Gasteiger partial charge in [-0.2, -0.15) is 5.26 Å². The molecule has 0 aliphatic carbocycles. The van der Waals surface area contributed by atoms with Crippen molar-refractivity contribution in [3.63, 3.8) is 0 Å². The molecule has 1 spiro atoms. The Hall–Kier alpha value is -1.77. The lowest BCUT2D eigenvalue weighted by molar-refractivity contribution is -0.138. The van der Waals surface area contributed by atoms with Gasteiger partial charge in [0.1, 0.15) is 12.1 Å². The van der Waals surface area contributed by atoms with Gasteiger partial charge in [0.15, 0.2) is 0 Å². The average Bonchev–Trinajstić information content (AvgIpc) is 2.62. The third-order valence-corrected chi connectivity index (χ3v) is 4.40. The quantitative estimate of drug-likeness (QED) is 0.696. The van der Waals surface area contributed by atoms with E-state index in [-0.39, 0.29) is 24.6 Å². The van der Waals surface area contributed by atoms with Crippen molar-refractivity contribution < 1.29 is 14.3 Å². The Morgan fingerprint density at radius 1 is 1.50 bits per heavy atom.